The molecule has 2 aromatic rings. The van der Waals surface area contributed by atoms with E-state index in [0.717, 1.165) is 5.56 Å². The van der Waals surface area contributed by atoms with E-state index in [1.165, 1.54) is 0 Å². The number of halogens is 1. The monoisotopic (exact) mass is 320 g/mol. The molecule has 0 unspecified atom stereocenters. The van der Waals surface area contributed by atoms with Gasteiger partial charge in [0.15, 0.2) is 0 Å². The van der Waals surface area contributed by atoms with E-state index in [-0.39, 0.29) is 5.56 Å². The summed E-state index contributed by atoms with van der Waals surface area (Å²) in [6.07, 6.45) is 0. The van der Waals surface area contributed by atoms with Crippen LogP contribution in [0.15, 0.2) is 46.9 Å². The first-order chi connectivity index (χ1) is 9.09. The molecule has 98 valence electrons. The fourth-order valence-corrected chi connectivity index (χ4v) is 2.20. The fraction of sp³-hybridized carbons (Fsp3) is 0.133. The summed E-state index contributed by atoms with van der Waals surface area (Å²) >= 11 is 3.38. The van der Waals surface area contributed by atoms with Crippen LogP contribution in [0.4, 0.5) is 0 Å². The zero-order valence-electron chi connectivity index (χ0n) is 10.4. The van der Waals surface area contributed by atoms with E-state index in [9.17, 15) is 4.79 Å². The third kappa shape index (κ3) is 3.15. The molecule has 0 heterocycles. The lowest BCUT2D eigenvalue weighted by Crippen LogP contribution is -2.02. The van der Waals surface area contributed by atoms with E-state index in [1.54, 1.807) is 19.1 Å². The van der Waals surface area contributed by atoms with Crippen LogP contribution in [0.2, 0.25) is 0 Å². The Kier molecular flexibility index (Phi) is 4.22. The highest BCUT2D eigenvalue weighted by Gasteiger charge is 2.13. The standard InChI is InChI=1S/C15H13BrO3/c1-10-12(15(17)18)7-8-13(14(10)16)19-9-11-5-3-2-4-6-11/h2-8H,9H2,1H3,(H,17,18). The van der Waals surface area contributed by atoms with Crippen LogP contribution < -0.4 is 4.74 Å². The zero-order chi connectivity index (χ0) is 13.8. The maximum Gasteiger partial charge on any atom is 0.335 e. The third-order valence-electron chi connectivity index (χ3n) is 2.82. The van der Waals surface area contributed by atoms with Crippen molar-refractivity contribution in [2.24, 2.45) is 0 Å². The topological polar surface area (TPSA) is 46.5 Å². The molecule has 0 spiro atoms. The van der Waals surface area contributed by atoms with Crippen LogP contribution in [0.25, 0.3) is 0 Å². The summed E-state index contributed by atoms with van der Waals surface area (Å²) in [5, 5.41) is 9.03. The highest BCUT2D eigenvalue weighted by molar-refractivity contribution is 9.10. The molecule has 0 bridgehead atoms. The summed E-state index contributed by atoms with van der Waals surface area (Å²) in [6.45, 7) is 2.20. The lowest BCUT2D eigenvalue weighted by atomic mass is 10.1. The molecule has 0 aromatic heterocycles. The molecule has 0 aliphatic rings. The van der Waals surface area contributed by atoms with Gasteiger partial charge >= 0.3 is 5.97 Å². The van der Waals surface area contributed by atoms with Crippen LogP contribution >= 0.6 is 15.9 Å². The normalized spacial score (nSPS) is 10.2. The van der Waals surface area contributed by atoms with Crippen molar-refractivity contribution in [3.63, 3.8) is 0 Å². The minimum atomic E-state index is -0.937. The Morgan fingerprint density at radius 1 is 1.21 bits per heavy atom. The number of hydrogen-bond donors (Lipinski definition) is 1. The second kappa shape index (κ2) is 5.89. The molecule has 2 rings (SSSR count). The van der Waals surface area contributed by atoms with Crippen molar-refractivity contribution in [3.05, 3.63) is 63.6 Å². The van der Waals surface area contributed by atoms with Gasteiger partial charge < -0.3 is 9.84 Å². The average Bonchev–Trinajstić information content (AvgIpc) is 2.41. The van der Waals surface area contributed by atoms with Crippen LogP contribution in [0.5, 0.6) is 5.75 Å². The highest BCUT2D eigenvalue weighted by Crippen LogP contribution is 2.31. The molecule has 0 aliphatic heterocycles. The van der Waals surface area contributed by atoms with E-state index in [1.807, 2.05) is 30.3 Å². The molecule has 1 N–H and O–H groups in total. The quantitative estimate of drug-likeness (QED) is 0.924. The Bertz CT molecular complexity index is 594. The van der Waals surface area contributed by atoms with Crippen molar-refractivity contribution >= 4 is 21.9 Å². The van der Waals surface area contributed by atoms with E-state index in [4.69, 9.17) is 9.84 Å². The summed E-state index contributed by atoms with van der Waals surface area (Å²) in [5.74, 6) is -0.292. The molecule has 4 heteroatoms. The predicted molar refractivity (Wildman–Crippen MR) is 76.6 cm³/mol. The molecule has 0 aliphatic carbocycles. The summed E-state index contributed by atoms with van der Waals surface area (Å²) < 4.78 is 6.38. The van der Waals surface area contributed by atoms with E-state index >= 15 is 0 Å². The summed E-state index contributed by atoms with van der Waals surface area (Å²) in [5.41, 5.74) is 2.01. The molecule has 19 heavy (non-hydrogen) atoms. The molecule has 0 radical (unpaired) electrons. The molecule has 3 nitrogen and oxygen atoms in total. The lowest BCUT2D eigenvalue weighted by Gasteiger charge is -2.11. The molecular formula is C15H13BrO3. The van der Waals surface area contributed by atoms with Gasteiger partial charge in [0.2, 0.25) is 0 Å². The minimum Gasteiger partial charge on any atom is -0.488 e. The summed E-state index contributed by atoms with van der Waals surface area (Å²) in [4.78, 5) is 11.0. The second-order valence-corrected chi connectivity index (χ2v) is 4.92. The molecule has 0 saturated carbocycles. The van der Waals surface area contributed by atoms with Gasteiger partial charge in [-0.1, -0.05) is 30.3 Å². The van der Waals surface area contributed by atoms with Gasteiger partial charge in [-0.15, -0.1) is 0 Å². The SMILES string of the molecule is Cc1c(C(=O)O)ccc(OCc2ccccc2)c1Br. The number of benzene rings is 2. The number of rotatable bonds is 4. The van der Waals surface area contributed by atoms with E-state index in [2.05, 4.69) is 15.9 Å². The highest BCUT2D eigenvalue weighted by atomic mass is 79.9. The Morgan fingerprint density at radius 2 is 1.89 bits per heavy atom. The predicted octanol–water partition coefficient (Wildman–Crippen LogP) is 4.03. The van der Waals surface area contributed by atoms with Gasteiger partial charge in [0.1, 0.15) is 12.4 Å². The van der Waals surface area contributed by atoms with E-state index in [0.29, 0.717) is 22.4 Å². The van der Waals surface area contributed by atoms with Gasteiger partial charge in [-0.05, 0) is 46.1 Å². The van der Waals surface area contributed by atoms with Crippen LogP contribution in [-0.2, 0) is 6.61 Å². The van der Waals surface area contributed by atoms with Crippen molar-refractivity contribution in [2.45, 2.75) is 13.5 Å². The van der Waals surface area contributed by atoms with Crippen LogP contribution in [-0.4, -0.2) is 11.1 Å². The Morgan fingerprint density at radius 3 is 2.53 bits per heavy atom. The second-order valence-electron chi connectivity index (χ2n) is 4.13. The van der Waals surface area contributed by atoms with Crippen molar-refractivity contribution in [1.82, 2.24) is 0 Å². The summed E-state index contributed by atoms with van der Waals surface area (Å²) in [7, 11) is 0. The van der Waals surface area contributed by atoms with Crippen LogP contribution in [0.1, 0.15) is 21.5 Å². The Labute approximate surface area is 120 Å². The maximum absolute atomic E-state index is 11.0. The maximum atomic E-state index is 11.0. The number of aromatic carboxylic acids is 1. The van der Waals surface area contributed by atoms with Gasteiger partial charge in [-0.3, -0.25) is 0 Å². The van der Waals surface area contributed by atoms with Gasteiger partial charge in [0.05, 0.1) is 10.0 Å². The molecule has 2 aromatic carbocycles. The Balaban J connectivity index is 2.18. The Hall–Kier alpha value is -1.81. The molecule has 0 atom stereocenters. The number of ether oxygens (including phenoxy) is 1. The van der Waals surface area contributed by atoms with Crippen LogP contribution in [0.3, 0.4) is 0 Å². The number of carboxylic acid groups (broad SMARTS) is 1. The molecule has 0 saturated heterocycles. The minimum absolute atomic E-state index is 0.277. The van der Waals surface area contributed by atoms with Gasteiger partial charge in [-0.25, -0.2) is 4.79 Å². The van der Waals surface area contributed by atoms with Gasteiger partial charge in [0.25, 0.3) is 0 Å². The average molecular weight is 321 g/mol. The smallest absolute Gasteiger partial charge is 0.335 e. The van der Waals surface area contributed by atoms with Crippen molar-refractivity contribution in [3.8, 4) is 5.75 Å². The largest absolute Gasteiger partial charge is 0.488 e. The number of carbonyl (C=O) groups is 1. The lowest BCUT2D eigenvalue weighted by molar-refractivity contribution is 0.0696. The first-order valence-electron chi connectivity index (χ1n) is 5.78. The van der Waals surface area contributed by atoms with Gasteiger partial charge in [0, 0.05) is 0 Å². The van der Waals surface area contributed by atoms with Crippen molar-refractivity contribution < 1.29 is 14.6 Å². The summed E-state index contributed by atoms with van der Waals surface area (Å²) in [6, 6.07) is 13.0. The zero-order valence-corrected chi connectivity index (χ0v) is 12.0. The molecular weight excluding hydrogens is 308 g/mol. The fourth-order valence-electron chi connectivity index (χ4n) is 1.74. The van der Waals surface area contributed by atoms with E-state index < -0.39 is 5.97 Å². The number of hydrogen-bond acceptors (Lipinski definition) is 2. The van der Waals surface area contributed by atoms with Gasteiger partial charge in [-0.2, -0.15) is 0 Å². The third-order valence-corrected chi connectivity index (χ3v) is 3.80. The molecule has 0 amide bonds. The first kappa shape index (κ1) is 13.6. The van der Waals surface area contributed by atoms with Crippen molar-refractivity contribution in [1.29, 1.82) is 0 Å². The van der Waals surface area contributed by atoms with Crippen LogP contribution in [0, 0.1) is 6.92 Å². The first-order valence-corrected chi connectivity index (χ1v) is 6.58. The molecule has 0 fully saturated rings. The number of carboxylic acids is 1. The van der Waals surface area contributed by atoms with Crippen molar-refractivity contribution in [2.75, 3.05) is 0 Å².